The van der Waals surface area contributed by atoms with Crippen molar-refractivity contribution in [1.82, 2.24) is 10.0 Å². The lowest BCUT2D eigenvalue weighted by Crippen LogP contribution is -2.24. The Morgan fingerprint density at radius 3 is 2.90 bits per heavy atom. The molecule has 1 saturated carbocycles. The fourth-order valence-corrected chi connectivity index (χ4v) is 4.11. The summed E-state index contributed by atoms with van der Waals surface area (Å²) in [5.74, 6) is 0. The van der Waals surface area contributed by atoms with Gasteiger partial charge in [0.1, 0.15) is 4.21 Å². The molecule has 114 valence electrons. The summed E-state index contributed by atoms with van der Waals surface area (Å²) >= 11 is 1.28. The zero-order chi connectivity index (χ0) is 14.4. The molecule has 1 aliphatic carbocycles. The van der Waals surface area contributed by atoms with Crippen molar-refractivity contribution in [2.45, 2.75) is 42.5 Å². The molecule has 5 nitrogen and oxygen atoms in total. The van der Waals surface area contributed by atoms with Gasteiger partial charge in [0.05, 0.1) is 0 Å². The minimum atomic E-state index is -3.35. The number of sulfonamides is 1. The minimum Gasteiger partial charge on any atom is -0.385 e. The third-order valence-corrected chi connectivity index (χ3v) is 6.08. The van der Waals surface area contributed by atoms with Gasteiger partial charge in [0.2, 0.25) is 10.0 Å². The van der Waals surface area contributed by atoms with Crippen LogP contribution in [-0.4, -0.2) is 34.7 Å². The summed E-state index contributed by atoms with van der Waals surface area (Å²) in [4.78, 5) is 0. The second kappa shape index (κ2) is 7.51. The van der Waals surface area contributed by atoms with Crippen molar-refractivity contribution < 1.29 is 13.2 Å². The summed E-state index contributed by atoms with van der Waals surface area (Å²) < 4.78 is 32.1. The van der Waals surface area contributed by atoms with Crippen LogP contribution in [0.3, 0.4) is 0 Å². The van der Waals surface area contributed by atoms with Gasteiger partial charge in [0, 0.05) is 32.8 Å². The molecule has 7 heteroatoms. The van der Waals surface area contributed by atoms with E-state index in [4.69, 9.17) is 4.74 Å². The molecule has 0 unspecified atom stereocenters. The molecule has 0 spiro atoms. The van der Waals surface area contributed by atoms with Gasteiger partial charge in [0.15, 0.2) is 0 Å². The molecular weight excluding hydrogens is 296 g/mol. The maximum atomic E-state index is 12.1. The van der Waals surface area contributed by atoms with Gasteiger partial charge in [-0.1, -0.05) is 0 Å². The number of thiophene rings is 1. The molecule has 0 atom stereocenters. The largest absolute Gasteiger partial charge is 0.385 e. The number of methoxy groups -OCH3 is 1. The maximum absolute atomic E-state index is 12.1. The summed E-state index contributed by atoms with van der Waals surface area (Å²) in [5, 5.41) is 5.29. The lowest BCUT2D eigenvalue weighted by atomic mass is 10.3. The normalized spacial score (nSPS) is 15.7. The van der Waals surface area contributed by atoms with E-state index < -0.39 is 10.0 Å². The standard InChI is InChI=1S/C13H22N2O3S2/c1-18-7-3-2-6-15-20(16,17)13-8-11(10-19-13)9-14-12-4-5-12/h8,10,12,14-15H,2-7,9H2,1H3. The van der Waals surface area contributed by atoms with Crippen LogP contribution >= 0.6 is 11.3 Å². The summed E-state index contributed by atoms with van der Waals surface area (Å²) in [6, 6.07) is 2.39. The number of hydrogen-bond donors (Lipinski definition) is 2. The number of nitrogens with one attached hydrogen (secondary N) is 2. The highest BCUT2D eigenvalue weighted by Crippen LogP contribution is 2.23. The van der Waals surface area contributed by atoms with E-state index in [0.29, 0.717) is 23.4 Å². The van der Waals surface area contributed by atoms with Gasteiger partial charge in [-0.05, 0) is 42.7 Å². The van der Waals surface area contributed by atoms with E-state index in [9.17, 15) is 8.42 Å². The fraction of sp³-hybridized carbons (Fsp3) is 0.692. The fourth-order valence-electron chi connectivity index (χ4n) is 1.79. The smallest absolute Gasteiger partial charge is 0.250 e. The predicted molar refractivity (Wildman–Crippen MR) is 80.5 cm³/mol. The van der Waals surface area contributed by atoms with Crippen LogP contribution in [0.1, 0.15) is 31.2 Å². The topological polar surface area (TPSA) is 67.4 Å². The Morgan fingerprint density at radius 1 is 1.40 bits per heavy atom. The van der Waals surface area contributed by atoms with Crippen LogP contribution in [0.4, 0.5) is 0 Å². The van der Waals surface area contributed by atoms with Crippen molar-refractivity contribution in [2.75, 3.05) is 20.3 Å². The van der Waals surface area contributed by atoms with Crippen LogP contribution < -0.4 is 10.0 Å². The highest BCUT2D eigenvalue weighted by Gasteiger charge is 2.21. The molecule has 1 aliphatic rings. The Morgan fingerprint density at radius 2 is 2.20 bits per heavy atom. The van der Waals surface area contributed by atoms with Gasteiger partial charge >= 0.3 is 0 Å². The van der Waals surface area contributed by atoms with E-state index >= 15 is 0 Å². The van der Waals surface area contributed by atoms with E-state index in [1.807, 2.05) is 5.38 Å². The molecule has 0 aliphatic heterocycles. The molecule has 0 aromatic carbocycles. The Labute approximate surface area is 124 Å². The highest BCUT2D eigenvalue weighted by atomic mass is 32.2. The molecule has 0 saturated heterocycles. The molecule has 1 aromatic rings. The third-order valence-electron chi connectivity index (χ3n) is 3.13. The van der Waals surface area contributed by atoms with Gasteiger partial charge in [-0.2, -0.15) is 0 Å². The molecular formula is C13H22N2O3S2. The summed E-state index contributed by atoms with van der Waals surface area (Å²) in [5.41, 5.74) is 1.04. The van der Waals surface area contributed by atoms with E-state index in [1.165, 1.54) is 24.2 Å². The van der Waals surface area contributed by atoms with Crippen LogP contribution in [0, 0.1) is 0 Å². The highest BCUT2D eigenvalue weighted by molar-refractivity contribution is 7.91. The van der Waals surface area contributed by atoms with Crippen LogP contribution in [-0.2, 0) is 21.3 Å². The van der Waals surface area contributed by atoms with E-state index in [-0.39, 0.29) is 0 Å². The van der Waals surface area contributed by atoms with Crippen molar-refractivity contribution in [3.8, 4) is 0 Å². The van der Waals surface area contributed by atoms with Gasteiger partial charge in [0.25, 0.3) is 0 Å². The van der Waals surface area contributed by atoms with Gasteiger partial charge in [-0.15, -0.1) is 11.3 Å². The van der Waals surface area contributed by atoms with Crippen molar-refractivity contribution in [1.29, 1.82) is 0 Å². The molecule has 1 aromatic heterocycles. The minimum absolute atomic E-state index is 0.400. The number of ether oxygens (including phenoxy) is 1. The predicted octanol–water partition coefficient (Wildman–Crippen LogP) is 1.71. The Kier molecular flexibility index (Phi) is 5.98. The average Bonchev–Trinajstić information content (AvgIpc) is 3.12. The molecule has 2 N–H and O–H groups in total. The SMILES string of the molecule is COCCCCNS(=O)(=O)c1cc(CNC2CC2)cs1. The second-order valence-corrected chi connectivity index (χ2v) is 7.93. The molecule has 20 heavy (non-hydrogen) atoms. The first-order valence-electron chi connectivity index (χ1n) is 6.91. The molecule has 1 heterocycles. The molecule has 0 bridgehead atoms. The lowest BCUT2D eigenvalue weighted by molar-refractivity contribution is 0.193. The Bertz CT molecular complexity index is 509. The molecule has 0 radical (unpaired) electrons. The number of rotatable bonds is 10. The van der Waals surface area contributed by atoms with Crippen molar-refractivity contribution in [3.05, 3.63) is 17.0 Å². The first kappa shape index (κ1) is 15.9. The van der Waals surface area contributed by atoms with Crippen LogP contribution in [0.2, 0.25) is 0 Å². The Balaban J connectivity index is 1.78. The molecule has 2 rings (SSSR count). The second-order valence-electron chi connectivity index (χ2n) is 5.03. The van der Waals surface area contributed by atoms with Crippen LogP contribution in [0.25, 0.3) is 0 Å². The first-order chi connectivity index (χ1) is 9.62. The van der Waals surface area contributed by atoms with E-state index in [1.54, 1.807) is 13.2 Å². The van der Waals surface area contributed by atoms with Crippen molar-refractivity contribution >= 4 is 21.4 Å². The van der Waals surface area contributed by atoms with Gasteiger partial charge < -0.3 is 10.1 Å². The third kappa shape index (κ3) is 5.14. The van der Waals surface area contributed by atoms with Crippen molar-refractivity contribution in [3.63, 3.8) is 0 Å². The number of unbranched alkanes of at least 4 members (excludes halogenated alkanes) is 1. The van der Waals surface area contributed by atoms with E-state index in [2.05, 4.69) is 10.0 Å². The van der Waals surface area contributed by atoms with Crippen LogP contribution in [0.15, 0.2) is 15.7 Å². The molecule has 0 amide bonds. The summed E-state index contributed by atoms with van der Waals surface area (Å²) in [6.07, 6.45) is 4.12. The van der Waals surface area contributed by atoms with Crippen molar-refractivity contribution in [2.24, 2.45) is 0 Å². The summed E-state index contributed by atoms with van der Waals surface area (Å²) in [6.45, 7) is 1.88. The Hall–Kier alpha value is -0.470. The maximum Gasteiger partial charge on any atom is 0.250 e. The lowest BCUT2D eigenvalue weighted by Gasteiger charge is -2.04. The van der Waals surface area contributed by atoms with Gasteiger partial charge in [-0.3, -0.25) is 0 Å². The number of hydrogen-bond acceptors (Lipinski definition) is 5. The quantitative estimate of drug-likeness (QED) is 0.645. The monoisotopic (exact) mass is 318 g/mol. The first-order valence-corrected chi connectivity index (χ1v) is 9.27. The molecule has 1 fully saturated rings. The van der Waals surface area contributed by atoms with Crippen LogP contribution in [0.5, 0.6) is 0 Å². The summed E-state index contributed by atoms with van der Waals surface area (Å²) in [7, 11) is -1.70. The zero-order valence-corrected chi connectivity index (χ0v) is 13.4. The van der Waals surface area contributed by atoms with Gasteiger partial charge in [-0.25, -0.2) is 13.1 Å². The zero-order valence-electron chi connectivity index (χ0n) is 11.7. The van der Waals surface area contributed by atoms with E-state index in [0.717, 1.165) is 24.9 Å². The average molecular weight is 318 g/mol.